The summed E-state index contributed by atoms with van der Waals surface area (Å²) in [5, 5.41) is 27.4. The van der Waals surface area contributed by atoms with Crippen molar-refractivity contribution in [2.75, 3.05) is 0 Å². The molecule has 4 heteroatoms. The Labute approximate surface area is 667 Å². The smallest absolute Gasteiger partial charge is 0.0547 e. The van der Waals surface area contributed by atoms with Gasteiger partial charge in [0.2, 0.25) is 0 Å². The molecule has 0 bridgehead atoms. The summed E-state index contributed by atoms with van der Waals surface area (Å²) in [5.41, 5.74) is 25.8. The molecule has 0 aliphatic carbocycles. The zero-order valence-corrected chi connectivity index (χ0v) is 63.0. The van der Waals surface area contributed by atoms with Crippen molar-refractivity contribution in [2.45, 2.75) is 0 Å². The molecule has 0 amide bonds. The predicted molar refractivity (Wildman–Crippen MR) is 494 cm³/mol. The number of aromatic nitrogens is 4. The lowest BCUT2D eigenvalue weighted by Gasteiger charge is -2.18. The molecule has 4 nitrogen and oxygen atoms in total. The van der Waals surface area contributed by atoms with Crippen LogP contribution in [0.3, 0.4) is 0 Å². The van der Waals surface area contributed by atoms with E-state index in [1.807, 2.05) is 0 Å². The van der Waals surface area contributed by atoms with Gasteiger partial charge in [-0.25, -0.2) is 0 Å². The van der Waals surface area contributed by atoms with Crippen molar-refractivity contribution >= 4 is 163 Å². The van der Waals surface area contributed by atoms with E-state index in [1.54, 1.807) is 0 Å². The number of hydrogen-bond donors (Lipinski definition) is 0. The Bertz CT molecular complexity index is 8450. The zero-order chi connectivity index (χ0) is 75.8. The van der Waals surface area contributed by atoms with Crippen LogP contribution in [-0.4, -0.2) is 18.3 Å². The van der Waals surface area contributed by atoms with Gasteiger partial charge in [0.25, 0.3) is 0 Å². The predicted octanol–water partition coefficient (Wildman–Crippen LogP) is 30.5. The fraction of sp³-hybridized carbons (Fsp3) is 0. The molecule has 0 fully saturated rings. The van der Waals surface area contributed by atoms with Gasteiger partial charge in [0.1, 0.15) is 0 Å². The highest BCUT2D eigenvalue weighted by molar-refractivity contribution is 6.35. The normalized spacial score (nSPS) is 12.1. The average molecular weight is 1470 g/mol. The number of benzene rings is 21. The van der Waals surface area contributed by atoms with Gasteiger partial charge >= 0.3 is 0 Å². The summed E-state index contributed by atoms with van der Waals surface area (Å²) in [7, 11) is 0. The minimum Gasteiger partial charge on any atom is -0.309 e. The minimum absolute atomic E-state index is 1.11. The highest BCUT2D eigenvalue weighted by Gasteiger charge is 2.24. The molecule has 25 aromatic rings. The second kappa shape index (κ2) is 25.1. The summed E-state index contributed by atoms with van der Waals surface area (Å²) < 4.78 is 9.75. The van der Waals surface area contributed by atoms with Crippen LogP contribution in [0.15, 0.2) is 413 Å². The van der Waals surface area contributed by atoms with Crippen LogP contribution in [0, 0.1) is 0 Å². The van der Waals surface area contributed by atoms with Crippen LogP contribution >= 0.6 is 0 Å². The first-order chi connectivity index (χ1) is 57.5. The van der Waals surface area contributed by atoms with E-state index in [4.69, 9.17) is 0 Å². The Morgan fingerprint density at radius 3 is 0.914 bits per heavy atom. The Morgan fingerprint density at radius 1 is 0.112 bits per heavy atom. The molecule has 0 saturated heterocycles. The van der Waals surface area contributed by atoms with Gasteiger partial charge < -0.3 is 18.3 Å². The Morgan fingerprint density at radius 2 is 0.405 bits per heavy atom. The van der Waals surface area contributed by atoms with Crippen LogP contribution in [0.1, 0.15) is 0 Å². The molecular weight excluding hydrogens is 1400 g/mol. The number of fused-ring (bicyclic) bond motifs is 26. The van der Waals surface area contributed by atoms with Crippen molar-refractivity contribution in [1.29, 1.82) is 0 Å². The second-order valence-electron chi connectivity index (χ2n) is 31.3. The third-order valence-corrected chi connectivity index (χ3v) is 25.3. The molecule has 0 aliphatic rings. The summed E-state index contributed by atoms with van der Waals surface area (Å²) in [5.74, 6) is 0. The van der Waals surface area contributed by atoms with Gasteiger partial charge in [-0.1, -0.05) is 285 Å². The van der Waals surface area contributed by atoms with E-state index in [0.29, 0.717) is 0 Å². The van der Waals surface area contributed by atoms with Crippen molar-refractivity contribution in [2.24, 2.45) is 0 Å². The van der Waals surface area contributed by atoms with Gasteiger partial charge in [-0.15, -0.1) is 0 Å². The number of rotatable bonds is 9. The molecule has 4 heterocycles. The molecule has 0 N–H and O–H groups in total. The Hall–Kier alpha value is -15.4. The SMILES string of the molecule is c1ccc(-n2c3ccccc3c3cc(-c4ccc5c6ccccc6n(-c6ccc(-c7cc8c9ccccc9c9c(-c%10ccc%11c(c%10)c%10ccc(-c%12ccc%13c(c%12)c%12ccccc%12n%13-c%12ccccc%12)cc%10n%11-c%10ccc(-c%11ccc%12c%13ccccc%13c%13ccccc%13c%12c%11)cc%10)cccc9c8c8ccccc78)cc6)c5c4)ccc32)cc1. The molecule has 21 aromatic carbocycles. The van der Waals surface area contributed by atoms with Gasteiger partial charge in [0.15, 0.2) is 0 Å². The lowest BCUT2D eigenvalue weighted by Crippen LogP contribution is -1.95. The lowest BCUT2D eigenvalue weighted by molar-refractivity contribution is 1.18. The fourth-order valence-corrected chi connectivity index (χ4v) is 20.1. The van der Waals surface area contributed by atoms with Crippen LogP contribution in [0.25, 0.3) is 241 Å². The molecule has 0 unspecified atom stereocenters. The second-order valence-corrected chi connectivity index (χ2v) is 31.3. The summed E-state index contributed by atoms with van der Waals surface area (Å²) in [6.45, 7) is 0. The van der Waals surface area contributed by atoms with Crippen LogP contribution in [0.5, 0.6) is 0 Å². The first kappa shape index (κ1) is 64.3. The van der Waals surface area contributed by atoms with Crippen molar-refractivity contribution in [3.05, 3.63) is 413 Å². The number of hydrogen-bond acceptors (Lipinski definition) is 0. The molecule has 4 aromatic heterocycles. The van der Waals surface area contributed by atoms with Crippen molar-refractivity contribution < 1.29 is 0 Å². The largest absolute Gasteiger partial charge is 0.309 e. The standard InChI is InChI=1S/C112H68N4/c1-3-22-77(23-4-1)113-104-40-19-16-33-90(104)99-63-72(49-59-106(99)113)74-47-57-92-89-32-15-18-39-103(89)115(109(92)66-74)80-54-44-70(45-55-80)97-68-102-87-31-12-14-36-95(87)111-81(37-21-38-96(111)112(102)94-35-13-11-30-86(94)97)76-51-61-108-101(65-76)93-58-48-75(73-50-60-107-100(64-73)91-34-17-20-41-105(91)114(107)78-24-5-2-6-25-78)67-110(93)116(108)79-52-42-69(43-53-79)71-46-56-88-84-28-8-7-26-82(84)83-27-9-10-29-85(83)98(88)62-71/h1-68H. The molecule has 0 aliphatic heterocycles. The molecule has 536 valence electrons. The maximum absolute atomic E-state index is 2.50. The van der Waals surface area contributed by atoms with Crippen molar-refractivity contribution in [3.63, 3.8) is 0 Å². The highest BCUT2D eigenvalue weighted by atomic mass is 15.0. The van der Waals surface area contributed by atoms with E-state index in [-0.39, 0.29) is 0 Å². The summed E-state index contributed by atoms with van der Waals surface area (Å²) in [6.07, 6.45) is 0. The molecule has 0 spiro atoms. The zero-order valence-electron chi connectivity index (χ0n) is 63.0. The summed E-state index contributed by atoms with van der Waals surface area (Å²) >= 11 is 0. The summed E-state index contributed by atoms with van der Waals surface area (Å²) in [4.78, 5) is 0. The van der Waals surface area contributed by atoms with Crippen LogP contribution < -0.4 is 0 Å². The van der Waals surface area contributed by atoms with E-state index in [0.717, 1.165) is 39.3 Å². The lowest BCUT2D eigenvalue weighted by atomic mass is 9.85. The van der Waals surface area contributed by atoms with Crippen LogP contribution in [0.2, 0.25) is 0 Å². The van der Waals surface area contributed by atoms with E-state index in [9.17, 15) is 0 Å². The minimum atomic E-state index is 1.11. The first-order valence-electron chi connectivity index (χ1n) is 40.2. The molecule has 0 atom stereocenters. The third-order valence-electron chi connectivity index (χ3n) is 25.3. The van der Waals surface area contributed by atoms with Gasteiger partial charge in [-0.05, 0) is 258 Å². The molecule has 25 rings (SSSR count). The van der Waals surface area contributed by atoms with E-state index in [1.165, 1.54) is 202 Å². The average Bonchev–Trinajstić information content (AvgIpc) is 0.884. The maximum atomic E-state index is 2.50. The molecule has 0 radical (unpaired) electrons. The van der Waals surface area contributed by atoms with Gasteiger partial charge in [0.05, 0.1) is 44.1 Å². The van der Waals surface area contributed by atoms with Crippen molar-refractivity contribution in [3.8, 4) is 78.4 Å². The van der Waals surface area contributed by atoms with E-state index in [2.05, 4.69) is 431 Å². The van der Waals surface area contributed by atoms with Crippen LogP contribution in [0.4, 0.5) is 0 Å². The molecule has 0 saturated carbocycles. The molecule has 116 heavy (non-hydrogen) atoms. The van der Waals surface area contributed by atoms with E-state index < -0.39 is 0 Å². The highest BCUT2D eigenvalue weighted by Crippen LogP contribution is 2.49. The fourth-order valence-electron chi connectivity index (χ4n) is 20.1. The quantitative estimate of drug-likeness (QED) is 0.128. The number of nitrogens with zero attached hydrogens (tertiary/aromatic N) is 4. The molecular formula is C112H68N4. The maximum Gasteiger partial charge on any atom is 0.0547 e. The third kappa shape index (κ3) is 9.56. The van der Waals surface area contributed by atoms with E-state index >= 15 is 0 Å². The number of para-hydroxylation sites is 5. The Balaban J connectivity index is 0.621. The first-order valence-corrected chi connectivity index (χ1v) is 40.2. The van der Waals surface area contributed by atoms with Gasteiger partial charge in [0, 0.05) is 65.8 Å². The topological polar surface area (TPSA) is 19.7 Å². The van der Waals surface area contributed by atoms with Crippen LogP contribution in [-0.2, 0) is 0 Å². The Kier molecular flexibility index (Phi) is 13.9. The monoisotopic (exact) mass is 1470 g/mol. The summed E-state index contributed by atoms with van der Waals surface area (Å²) in [6, 6.07) is 154. The van der Waals surface area contributed by atoms with Gasteiger partial charge in [-0.2, -0.15) is 0 Å². The van der Waals surface area contributed by atoms with Gasteiger partial charge in [-0.3, -0.25) is 0 Å². The van der Waals surface area contributed by atoms with Crippen molar-refractivity contribution in [1.82, 2.24) is 18.3 Å².